The monoisotopic (exact) mass is 434 g/mol. The van der Waals surface area contributed by atoms with Gasteiger partial charge in [0.2, 0.25) is 0 Å². The lowest BCUT2D eigenvalue weighted by Crippen LogP contribution is -2.11. The summed E-state index contributed by atoms with van der Waals surface area (Å²) in [5.41, 5.74) is 2.08. The lowest BCUT2D eigenvalue weighted by molar-refractivity contribution is 0.473. The predicted molar refractivity (Wildman–Crippen MR) is 120 cm³/mol. The highest BCUT2D eigenvalue weighted by Gasteiger charge is 2.21. The molecule has 5 nitrogen and oxygen atoms in total. The molecular formula is C23H18N2O3S2. The smallest absolute Gasteiger partial charge is 0.268 e. The maximum absolute atomic E-state index is 13.2. The van der Waals surface area contributed by atoms with E-state index in [9.17, 15) is 8.42 Å². The van der Waals surface area contributed by atoms with Crippen molar-refractivity contribution < 1.29 is 13.2 Å². The number of hydrogen-bond acceptors (Lipinski definition) is 4. The first-order valence-corrected chi connectivity index (χ1v) is 11.8. The molecule has 1 heterocycles. The van der Waals surface area contributed by atoms with Crippen molar-refractivity contribution >= 4 is 38.4 Å². The van der Waals surface area contributed by atoms with Crippen LogP contribution >= 0.6 is 11.8 Å². The number of fused-ring (bicyclic) bond motifs is 1. The summed E-state index contributed by atoms with van der Waals surface area (Å²) in [6.07, 6.45) is 3.49. The van der Waals surface area contributed by atoms with E-state index in [-0.39, 0.29) is 4.90 Å². The SMILES string of the molecule is [C-]#[N+]c1cccc(Oc2ccc3c(ccn3S(=O)(=O)c3ccc(C)cc3)c2SC)c1. The van der Waals surface area contributed by atoms with Gasteiger partial charge in [0.15, 0.2) is 5.69 Å². The number of aryl methyl sites for hydroxylation is 1. The third-order valence-corrected chi connectivity index (χ3v) is 7.24. The Balaban J connectivity index is 1.79. The average Bonchev–Trinajstić information content (AvgIpc) is 3.19. The lowest BCUT2D eigenvalue weighted by atomic mass is 10.2. The number of nitrogens with zero attached hydrogens (tertiary/aromatic N) is 2. The molecule has 0 aliphatic carbocycles. The Morgan fingerprint density at radius 1 is 1.03 bits per heavy atom. The second kappa shape index (κ2) is 7.90. The zero-order chi connectivity index (χ0) is 21.3. The van der Waals surface area contributed by atoms with Crippen molar-refractivity contribution in [2.75, 3.05) is 6.26 Å². The molecule has 7 heteroatoms. The Bertz CT molecular complexity index is 1380. The lowest BCUT2D eigenvalue weighted by Gasteiger charge is -2.13. The number of benzene rings is 3. The summed E-state index contributed by atoms with van der Waals surface area (Å²) in [5, 5.41) is 0.789. The van der Waals surface area contributed by atoms with Gasteiger partial charge >= 0.3 is 0 Å². The van der Waals surface area contributed by atoms with Gasteiger partial charge in [-0.1, -0.05) is 29.8 Å². The zero-order valence-corrected chi connectivity index (χ0v) is 18.0. The molecule has 4 aromatic rings. The number of thioether (sulfide) groups is 1. The fraction of sp³-hybridized carbons (Fsp3) is 0.0870. The van der Waals surface area contributed by atoms with Gasteiger partial charge in [-0.05, 0) is 55.6 Å². The Kier molecular flexibility index (Phi) is 5.29. The van der Waals surface area contributed by atoms with Crippen LogP contribution in [0, 0.1) is 13.5 Å². The molecule has 0 aliphatic rings. The van der Waals surface area contributed by atoms with Crippen molar-refractivity contribution in [3.8, 4) is 11.5 Å². The number of hydrogen-bond donors (Lipinski definition) is 0. The highest BCUT2D eigenvalue weighted by Crippen LogP contribution is 2.39. The minimum Gasteiger partial charge on any atom is -0.458 e. The first-order valence-electron chi connectivity index (χ1n) is 9.10. The van der Waals surface area contributed by atoms with Gasteiger partial charge < -0.3 is 4.74 Å². The summed E-state index contributed by atoms with van der Waals surface area (Å²) >= 11 is 1.48. The first-order chi connectivity index (χ1) is 14.4. The van der Waals surface area contributed by atoms with Crippen LogP contribution in [0.2, 0.25) is 0 Å². The molecule has 0 saturated heterocycles. The van der Waals surface area contributed by atoms with Crippen LogP contribution in [0.1, 0.15) is 5.56 Å². The molecule has 0 unspecified atom stereocenters. The van der Waals surface area contributed by atoms with E-state index in [4.69, 9.17) is 11.3 Å². The molecule has 0 amide bonds. The Morgan fingerprint density at radius 2 is 1.80 bits per heavy atom. The predicted octanol–water partition coefficient (Wildman–Crippen LogP) is 6.25. The van der Waals surface area contributed by atoms with E-state index in [0.717, 1.165) is 15.8 Å². The second-order valence-corrected chi connectivity index (χ2v) is 9.30. The topological polar surface area (TPSA) is 52.7 Å². The average molecular weight is 435 g/mol. The van der Waals surface area contributed by atoms with Gasteiger partial charge in [0.05, 0.1) is 21.9 Å². The third-order valence-electron chi connectivity index (χ3n) is 4.71. The molecule has 0 saturated carbocycles. The molecule has 4 rings (SSSR count). The van der Waals surface area contributed by atoms with Gasteiger partial charge in [0.1, 0.15) is 11.5 Å². The summed E-state index contributed by atoms with van der Waals surface area (Å²) in [4.78, 5) is 4.50. The first kappa shape index (κ1) is 20.1. The van der Waals surface area contributed by atoms with Crippen LogP contribution in [0.5, 0.6) is 11.5 Å². The fourth-order valence-electron chi connectivity index (χ4n) is 3.21. The molecule has 0 N–H and O–H groups in total. The van der Waals surface area contributed by atoms with E-state index in [1.54, 1.807) is 72.9 Å². The van der Waals surface area contributed by atoms with E-state index >= 15 is 0 Å². The standard InChI is InChI=1S/C23H18N2O3S2/c1-16-7-9-19(10-8-16)30(26,27)25-14-13-20-21(25)11-12-22(23(20)29-3)28-18-6-4-5-17(15-18)24-2/h4-15H,1,3H3. The van der Waals surface area contributed by atoms with E-state index in [1.165, 1.54) is 15.7 Å². The molecule has 30 heavy (non-hydrogen) atoms. The van der Waals surface area contributed by atoms with Crippen molar-refractivity contribution in [3.05, 3.63) is 89.9 Å². The fourth-order valence-corrected chi connectivity index (χ4v) is 5.26. The molecule has 0 fully saturated rings. The molecule has 150 valence electrons. The van der Waals surface area contributed by atoms with Crippen molar-refractivity contribution in [1.82, 2.24) is 3.97 Å². The van der Waals surface area contributed by atoms with Crippen LogP contribution in [0.4, 0.5) is 5.69 Å². The number of rotatable bonds is 5. The van der Waals surface area contributed by atoms with Crippen molar-refractivity contribution in [2.24, 2.45) is 0 Å². The van der Waals surface area contributed by atoms with Crippen LogP contribution in [-0.4, -0.2) is 18.6 Å². The summed E-state index contributed by atoms with van der Waals surface area (Å²) in [5.74, 6) is 1.17. The van der Waals surface area contributed by atoms with E-state index in [0.29, 0.717) is 22.7 Å². The van der Waals surface area contributed by atoms with Gasteiger partial charge in [-0.15, -0.1) is 11.8 Å². The molecule has 0 atom stereocenters. The number of ether oxygens (including phenoxy) is 1. The normalized spacial score (nSPS) is 11.4. The minimum absolute atomic E-state index is 0.243. The summed E-state index contributed by atoms with van der Waals surface area (Å²) < 4.78 is 33.6. The van der Waals surface area contributed by atoms with Gasteiger partial charge in [0.25, 0.3) is 10.0 Å². The quantitative estimate of drug-likeness (QED) is 0.275. The Morgan fingerprint density at radius 3 is 2.50 bits per heavy atom. The molecule has 3 aromatic carbocycles. The van der Waals surface area contributed by atoms with Gasteiger partial charge in [-0.2, -0.15) is 0 Å². The van der Waals surface area contributed by atoms with Crippen molar-refractivity contribution in [1.29, 1.82) is 0 Å². The van der Waals surface area contributed by atoms with Crippen LogP contribution < -0.4 is 4.74 Å². The van der Waals surface area contributed by atoms with Gasteiger partial charge in [-0.25, -0.2) is 17.2 Å². The highest BCUT2D eigenvalue weighted by molar-refractivity contribution is 7.99. The molecule has 1 aromatic heterocycles. The van der Waals surface area contributed by atoms with Crippen LogP contribution in [0.25, 0.3) is 15.7 Å². The second-order valence-electron chi connectivity index (χ2n) is 6.67. The number of aromatic nitrogens is 1. The van der Waals surface area contributed by atoms with Crippen LogP contribution in [0.3, 0.4) is 0 Å². The van der Waals surface area contributed by atoms with Gasteiger partial charge in [-0.3, -0.25) is 0 Å². The van der Waals surface area contributed by atoms with E-state index < -0.39 is 10.0 Å². The van der Waals surface area contributed by atoms with Crippen molar-refractivity contribution in [2.45, 2.75) is 16.7 Å². The Hall–Kier alpha value is -3.21. The summed E-state index contributed by atoms with van der Waals surface area (Å²) in [6.45, 7) is 9.07. The summed E-state index contributed by atoms with van der Waals surface area (Å²) in [6, 6.07) is 19.1. The summed E-state index contributed by atoms with van der Waals surface area (Å²) in [7, 11) is -3.71. The van der Waals surface area contributed by atoms with Crippen LogP contribution in [0.15, 0.2) is 82.7 Å². The molecule has 0 radical (unpaired) electrons. The maximum atomic E-state index is 13.2. The van der Waals surface area contributed by atoms with Crippen LogP contribution in [-0.2, 0) is 10.0 Å². The van der Waals surface area contributed by atoms with E-state index in [1.807, 2.05) is 13.2 Å². The molecule has 0 aliphatic heterocycles. The minimum atomic E-state index is -3.71. The third kappa shape index (κ3) is 3.56. The Labute approximate surface area is 179 Å². The zero-order valence-electron chi connectivity index (χ0n) is 16.4. The largest absolute Gasteiger partial charge is 0.458 e. The highest BCUT2D eigenvalue weighted by atomic mass is 32.2. The molecule has 0 bridgehead atoms. The van der Waals surface area contributed by atoms with Crippen molar-refractivity contribution in [3.63, 3.8) is 0 Å². The molecular weight excluding hydrogens is 416 g/mol. The van der Waals surface area contributed by atoms with Gasteiger partial charge in [0, 0.05) is 11.6 Å². The molecule has 0 spiro atoms. The van der Waals surface area contributed by atoms with E-state index in [2.05, 4.69) is 4.85 Å². The maximum Gasteiger partial charge on any atom is 0.268 e.